The molecule has 0 atom stereocenters. The molecular formula is C11H13N5. The summed E-state index contributed by atoms with van der Waals surface area (Å²) in [6, 6.07) is 1.93. The van der Waals surface area contributed by atoms with Gasteiger partial charge in [-0.1, -0.05) is 0 Å². The Hall–Kier alpha value is -1.75. The Morgan fingerprint density at radius 3 is 2.94 bits per heavy atom. The lowest BCUT2D eigenvalue weighted by Gasteiger charge is -2.03. The summed E-state index contributed by atoms with van der Waals surface area (Å²) < 4.78 is 1.76. The second kappa shape index (κ2) is 3.38. The van der Waals surface area contributed by atoms with Gasteiger partial charge in [0.2, 0.25) is 0 Å². The van der Waals surface area contributed by atoms with E-state index in [1.165, 1.54) is 5.56 Å². The molecule has 1 N–H and O–H groups in total. The molecule has 0 aromatic carbocycles. The number of nitrogens with zero attached hydrogens (tertiary/aromatic N) is 4. The molecule has 0 fully saturated rings. The van der Waals surface area contributed by atoms with Crippen LogP contribution in [0.15, 0.2) is 12.3 Å². The summed E-state index contributed by atoms with van der Waals surface area (Å²) in [5.41, 5.74) is 4.23. The summed E-state index contributed by atoms with van der Waals surface area (Å²) in [6.45, 7) is 3.74. The van der Waals surface area contributed by atoms with Crippen molar-refractivity contribution >= 4 is 0 Å². The van der Waals surface area contributed by atoms with Crippen LogP contribution in [0.2, 0.25) is 0 Å². The maximum absolute atomic E-state index is 4.55. The summed E-state index contributed by atoms with van der Waals surface area (Å²) in [6.07, 6.45) is 1.90. The molecule has 0 radical (unpaired) electrons. The summed E-state index contributed by atoms with van der Waals surface area (Å²) in [7, 11) is 1.89. The number of hydrogen-bond acceptors (Lipinski definition) is 4. The number of aryl methyl sites for hydroxylation is 2. The third-order valence-corrected chi connectivity index (χ3v) is 2.84. The summed E-state index contributed by atoms with van der Waals surface area (Å²) in [4.78, 5) is 9.05. The molecule has 82 valence electrons. The second-order valence-corrected chi connectivity index (χ2v) is 4.04. The Kier molecular flexibility index (Phi) is 2.00. The fourth-order valence-corrected chi connectivity index (χ4v) is 1.99. The van der Waals surface area contributed by atoms with Gasteiger partial charge in [0.25, 0.3) is 0 Å². The Bertz CT molecular complexity index is 543. The number of hydrogen-bond donors (Lipinski definition) is 1. The van der Waals surface area contributed by atoms with E-state index in [0.29, 0.717) is 0 Å². The minimum atomic E-state index is 0.723. The van der Waals surface area contributed by atoms with Gasteiger partial charge in [-0.05, 0) is 13.0 Å². The maximum atomic E-state index is 4.55. The Labute approximate surface area is 93.5 Å². The molecule has 2 aromatic rings. The average Bonchev–Trinajstić information content (AvgIpc) is 2.85. The zero-order valence-electron chi connectivity index (χ0n) is 9.36. The van der Waals surface area contributed by atoms with Gasteiger partial charge in [0, 0.05) is 37.6 Å². The van der Waals surface area contributed by atoms with E-state index < -0.39 is 0 Å². The van der Waals surface area contributed by atoms with Crippen LogP contribution >= 0.6 is 0 Å². The molecule has 0 saturated heterocycles. The first-order valence-electron chi connectivity index (χ1n) is 5.31. The van der Waals surface area contributed by atoms with Crippen LogP contribution in [0.5, 0.6) is 0 Å². The molecule has 0 saturated carbocycles. The zero-order valence-corrected chi connectivity index (χ0v) is 9.36. The smallest absolute Gasteiger partial charge is 0.180 e. The van der Waals surface area contributed by atoms with Crippen LogP contribution in [-0.2, 0) is 20.1 Å². The van der Waals surface area contributed by atoms with Gasteiger partial charge in [0.05, 0.1) is 5.69 Å². The summed E-state index contributed by atoms with van der Waals surface area (Å²) in [5, 5.41) is 7.60. The van der Waals surface area contributed by atoms with Crippen LogP contribution in [0, 0.1) is 6.92 Å². The van der Waals surface area contributed by atoms with Gasteiger partial charge in [0.15, 0.2) is 5.82 Å². The van der Waals surface area contributed by atoms with Crippen molar-refractivity contribution < 1.29 is 0 Å². The molecule has 5 heteroatoms. The standard InChI is InChI=1S/C11H13N5/c1-7-8-5-12-6-10(8)14-11(13-7)9-3-4-16(2)15-9/h3-4,12H,5-6H2,1-2H3. The van der Waals surface area contributed by atoms with E-state index in [-0.39, 0.29) is 0 Å². The van der Waals surface area contributed by atoms with E-state index in [0.717, 1.165) is 36.0 Å². The Morgan fingerprint density at radius 1 is 1.31 bits per heavy atom. The molecule has 0 amide bonds. The van der Waals surface area contributed by atoms with E-state index in [1.807, 2.05) is 26.2 Å². The highest BCUT2D eigenvalue weighted by Gasteiger charge is 2.17. The topological polar surface area (TPSA) is 55.6 Å². The van der Waals surface area contributed by atoms with E-state index in [9.17, 15) is 0 Å². The Balaban J connectivity index is 2.12. The van der Waals surface area contributed by atoms with Gasteiger partial charge in [-0.25, -0.2) is 9.97 Å². The summed E-state index contributed by atoms with van der Waals surface area (Å²) in [5.74, 6) is 0.723. The van der Waals surface area contributed by atoms with E-state index in [4.69, 9.17) is 0 Å². The van der Waals surface area contributed by atoms with Crippen molar-refractivity contribution in [3.8, 4) is 11.5 Å². The molecule has 0 spiro atoms. The maximum Gasteiger partial charge on any atom is 0.180 e. The molecule has 0 bridgehead atoms. The predicted molar refractivity (Wildman–Crippen MR) is 59.5 cm³/mol. The molecule has 1 aliphatic rings. The molecule has 5 nitrogen and oxygen atoms in total. The lowest BCUT2D eigenvalue weighted by molar-refractivity contribution is 0.756. The fraction of sp³-hybridized carbons (Fsp3) is 0.364. The van der Waals surface area contributed by atoms with Crippen LogP contribution in [0.3, 0.4) is 0 Å². The summed E-state index contributed by atoms with van der Waals surface area (Å²) >= 11 is 0. The third kappa shape index (κ3) is 1.40. The first kappa shape index (κ1) is 9.47. The highest BCUT2D eigenvalue weighted by molar-refractivity contribution is 5.50. The van der Waals surface area contributed by atoms with Crippen molar-refractivity contribution in [2.45, 2.75) is 20.0 Å². The van der Waals surface area contributed by atoms with Crippen molar-refractivity contribution in [1.82, 2.24) is 25.1 Å². The molecule has 1 aliphatic heterocycles. The number of aromatic nitrogens is 4. The molecule has 0 unspecified atom stereocenters. The first-order valence-corrected chi connectivity index (χ1v) is 5.31. The third-order valence-electron chi connectivity index (χ3n) is 2.84. The van der Waals surface area contributed by atoms with Crippen LogP contribution in [0.25, 0.3) is 11.5 Å². The number of rotatable bonds is 1. The molecule has 3 heterocycles. The molecular weight excluding hydrogens is 202 g/mol. The molecule has 16 heavy (non-hydrogen) atoms. The fourth-order valence-electron chi connectivity index (χ4n) is 1.99. The van der Waals surface area contributed by atoms with Gasteiger partial charge in [-0.15, -0.1) is 0 Å². The van der Waals surface area contributed by atoms with Gasteiger partial charge < -0.3 is 5.32 Å². The van der Waals surface area contributed by atoms with E-state index >= 15 is 0 Å². The monoisotopic (exact) mass is 215 g/mol. The lowest BCUT2D eigenvalue weighted by atomic mass is 10.2. The van der Waals surface area contributed by atoms with Crippen LogP contribution < -0.4 is 5.32 Å². The van der Waals surface area contributed by atoms with Crippen LogP contribution in [0.1, 0.15) is 17.0 Å². The van der Waals surface area contributed by atoms with Crippen molar-refractivity contribution in [1.29, 1.82) is 0 Å². The lowest BCUT2D eigenvalue weighted by Crippen LogP contribution is -2.00. The zero-order chi connectivity index (χ0) is 11.1. The highest BCUT2D eigenvalue weighted by atomic mass is 15.3. The van der Waals surface area contributed by atoms with Gasteiger partial charge in [0.1, 0.15) is 5.69 Å². The van der Waals surface area contributed by atoms with Crippen molar-refractivity contribution in [3.63, 3.8) is 0 Å². The van der Waals surface area contributed by atoms with Gasteiger partial charge in [-0.2, -0.15) is 5.10 Å². The van der Waals surface area contributed by atoms with Crippen molar-refractivity contribution in [2.24, 2.45) is 7.05 Å². The van der Waals surface area contributed by atoms with Crippen molar-refractivity contribution in [2.75, 3.05) is 0 Å². The van der Waals surface area contributed by atoms with E-state index in [1.54, 1.807) is 4.68 Å². The van der Waals surface area contributed by atoms with Crippen LogP contribution in [0.4, 0.5) is 0 Å². The highest BCUT2D eigenvalue weighted by Crippen LogP contribution is 2.20. The largest absolute Gasteiger partial charge is 0.307 e. The average molecular weight is 215 g/mol. The number of fused-ring (bicyclic) bond motifs is 1. The number of nitrogens with one attached hydrogen (secondary N) is 1. The van der Waals surface area contributed by atoms with Gasteiger partial charge in [-0.3, -0.25) is 4.68 Å². The van der Waals surface area contributed by atoms with Crippen LogP contribution in [-0.4, -0.2) is 19.7 Å². The first-order chi connectivity index (χ1) is 7.74. The molecule has 0 aliphatic carbocycles. The molecule has 3 rings (SSSR count). The minimum absolute atomic E-state index is 0.723. The molecule has 2 aromatic heterocycles. The Morgan fingerprint density at radius 2 is 2.19 bits per heavy atom. The minimum Gasteiger partial charge on any atom is -0.307 e. The van der Waals surface area contributed by atoms with E-state index in [2.05, 4.69) is 20.4 Å². The van der Waals surface area contributed by atoms with Gasteiger partial charge >= 0.3 is 0 Å². The SMILES string of the molecule is Cc1nc(-c2ccn(C)n2)nc2c1CNC2. The second-order valence-electron chi connectivity index (χ2n) is 4.04. The quantitative estimate of drug-likeness (QED) is 0.764. The normalized spacial score (nSPS) is 14.1. The predicted octanol–water partition coefficient (Wildman–Crippen LogP) is 0.789. The van der Waals surface area contributed by atoms with Crippen molar-refractivity contribution in [3.05, 3.63) is 29.2 Å².